The van der Waals surface area contributed by atoms with E-state index in [4.69, 9.17) is 10.8 Å². The molecule has 0 aromatic heterocycles. The lowest BCUT2D eigenvalue weighted by Gasteiger charge is -2.24. The monoisotopic (exact) mass is 213 g/mol. The van der Waals surface area contributed by atoms with Crippen LogP contribution in [0.3, 0.4) is 0 Å². The molecule has 2 rings (SSSR count). The summed E-state index contributed by atoms with van der Waals surface area (Å²) in [7, 11) is 0. The van der Waals surface area contributed by atoms with Crippen LogP contribution in [0.4, 0.5) is 0 Å². The molecule has 3 unspecified atom stereocenters. The van der Waals surface area contributed by atoms with Crippen molar-refractivity contribution in [1.29, 1.82) is 0 Å². The molecule has 84 valence electrons. The maximum atomic E-state index is 11.3. The second-order valence-corrected chi connectivity index (χ2v) is 4.89. The third-order valence-corrected chi connectivity index (χ3v) is 4.05. The number of carbonyl (C=O) groups is 2. The van der Waals surface area contributed by atoms with Gasteiger partial charge in [-0.05, 0) is 31.6 Å². The Balaban J connectivity index is 2.33. The Hall–Kier alpha value is -1.10. The number of hydrogen-bond donors (Lipinski definition) is 3. The highest BCUT2D eigenvalue weighted by molar-refractivity contribution is 5.84. The molecule has 0 aliphatic heterocycles. The van der Waals surface area contributed by atoms with Crippen molar-refractivity contribution in [3.05, 3.63) is 0 Å². The highest BCUT2D eigenvalue weighted by Crippen LogP contribution is 2.57. The molecule has 2 saturated carbocycles. The third-order valence-electron chi connectivity index (χ3n) is 4.05. The van der Waals surface area contributed by atoms with Crippen molar-refractivity contribution in [2.75, 3.05) is 0 Å². The van der Waals surface area contributed by atoms with E-state index in [0.29, 0.717) is 12.8 Å². The number of aliphatic carboxylic acids is 2. The number of rotatable bonds is 2. The van der Waals surface area contributed by atoms with Crippen molar-refractivity contribution in [2.24, 2.45) is 17.1 Å². The van der Waals surface area contributed by atoms with Gasteiger partial charge in [0.05, 0.1) is 5.41 Å². The average molecular weight is 213 g/mol. The number of carboxylic acids is 2. The maximum Gasteiger partial charge on any atom is 0.323 e. The third kappa shape index (κ3) is 1.26. The summed E-state index contributed by atoms with van der Waals surface area (Å²) in [5, 5.41) is 18.2. The summed E-state index contributed by atoms with van der Waals surface area (Å²) in [4.78, 5) is 22.3. The molecule has 0 amide bonds. The molecular weight excluding hydrogens is 198 g/mol. The molecule has 0 radical (unpaired) electrons. The van der Waals surface area contributed by atoms with Gasteiger partial charge in [-0.15, -0.1) is 0 Å². The molecule has 0 spiro atoms. The van der Waals surface area contributed by atoms with Gasteiger partial charge < -0.3 is 15.9 Å². The fourth-order valence-electron chi connectivity index (χ4n) is 3.27. The van der Waals surface area contributed by atoms with Gasteiger partial charge in [0, 0.05) is 0 Å². The van der Waals surface area contributed by atoms with E-state index in [1.807, 2.05) is 0 Å². The van der Waals surface area contributed by atoms with Crippen molar-refractivity contribution in [2.45, 2.75) is 37.6 Å². The summed E-state index contributed by atoms with van der Waals surface area (Å²) >= 11 is 0. The summed E-state index contributed by atoms with van der Waals surface area (Å²) in [5.41, 5.74) is 3.55. The van der Waals surface area contributed by atoms with E-state index in [1.165, 1.54) is 0 Å². The molecule has 0 aromatic carbocycles. The Morgan fingerprint density at radius 1 is 1.27 bits per heavy atom. The summed E-state index contributed by atoms with van der Waals surface area (Å²) in [5.74, 6) is -2.01. The Morgan fingerprint density at radius 2 is 1.93 bits per heavy atom. The van der Waals surface area contributed by atoms with Crippen molar-refractivity contribution >= 4 is 11.9 Å². The van der Waals surface area contributed by atoms with Crippen molar-refractivity contribution in [3.63, 3.8) is 0 Å². The Bertz CT molecular complexity index is 329. The molecule has 2 fully saturated rings. The Kier molecular flexibility index (Phi) is 2.05. The van der Waals surface area contributed by atoms with Gasteiger partial charge in [-0.3, -0.25) is 9.59 Å². The van der Waals surface area contributed by atoms with Crippen molar-refractivity contribution in [1.82, 2.24) is 0 Å². The van der Waals surface area contributed by atoms with Crippen LogP contribution < -0.4 is 5.73 Å². The fraction of sp³-hybridized carbons (Fsp3) is 0.800. The quantitative estimate of drug-likeness (QED) is 0.617. The maximum absolute atomic E-state index is 11.3. The van der Waals surface area contributed by atoms with Crippen molar-refractivity contribution < 1.29 is 19.8 Å². The minimum absolute atomic E-state index is 0.0592. The average Bonchev–Trinajstić information content (AvgIpc) is 2.58. The molecular formula is C10H15NO4. The van der Waals surface area contributed by atoms with Gasteiger partial charge in [0.2, 0.25) is 0 Å². The lowest BCUT2D eigenvalue weighted by atomic mass is 9.80. The summed E-state index contributed by atoms with van der Waals surface area (Å²) < 4.78 is 0. The minimum atomic E-state index is -1.33. The van der Waals surface area contributed by atoms with Crippen LogP contribution in [0.1, 0.15) is 32.1 Å². The van der Waals surface area contributed by atoms with E-state index in [2.05, 4.69) is 0 Å². The molecule has 2 aliphatic rings. The molecule has 0 aromatic rings. The summed E-state index contributed by atoms with van der Waals surface area (Å²) in [6, 6.07) is 0. The number of fused-ring (bicyclic) bond motifs is 1. The second kappa shape index (κ2) is 2.95. The van der Waals surface area contributed by atoms with Gasteiger partial charge in [-0.25, -0.2) is 0 Å². The lowest BCUT2D eigenvalue weighted by molar-refractivity contribution is -0.151. The van der Waals surface area contributed by atoms with Crippen LogP contribution in [0.25, 0.3) is 0 Å². The van der Waals surface area contributed by atoms with E-state index in [9.17, 15) is 14.7 Å². The van der Waals surface area contributed by atoms with E-state index in [0.717, 1.165) is 12.8 Å². The van der Waals surface area contributed by atoms with Crippen LogP contribution in [0.2, 0.25) is 0 Å². The zero-order valence-corrected chi connectivity index (χ0v) is 8.40. The Labute approximate surface area is 87.3 Å². The van der Waals surface area contributed by atoms with Crippen LogP contribution >= 0.6 is 0 Å². The predicted octanol–water partition coefficient (Wildman–Crippen LogP) is 0.433. The van der Waals surface area contributed by atoms with Gasteiger partial charge in [0.15, 0.2) is 0 Å². The van der Waals surface area contributed by atoms with Crippen LogP contribution in [-0.2, 0) is 9.59 Å². The first kappa shape index (κ1) is 10.4. The van der Waals surface area contributed by atoms with E-state index >= 15 is 0 Å². The number of carboxylic acid groups (broad SMARTS) is 2. The highest BCUT2D eigenvalue weighted by Gasteiger charge is 2.61. The normalized spacial score (nSPS) is 43.9. The Morgan fingerprint density at radius 3 is 2.40 bits per heavy atom. The zero-order chi connectivity index (χ0) is 11.3. The van der Waals surface area contributed by atoms with Gasteiger partial charge in [0.1, 0.15) is 5.54 Å². The molecule has 3 atom stereocenters. The molecule has 2 aliphatic carbocycles. The number of hydrogen-bond acceptors (Lipinski definition) is 3. The first-order valence-electron chi connectivity index (χ1n) is 5.16. The molecule has 4 N–H and O–H groups in total. The first-order chi connectivity index (χ1) is 6.91. The van der Waals surface area contributed by atoms with Crippen LogP contribution in [0.15, 0.2) is 0 Å². The number of nitrogens with two attached hydrogens (primary N) is 1. The standard InChI is InChI=1S/C10H15NO4/c11-10(8(14)15)4-6-2-1-3-9(6,5-10)7(12)13/h6H,1-5,11H2,(H,12,13)(H,14,15). The highest BCUT2D eigenvalue weighted by atomic mass is 16.4. The van der Waals surface area contributed by atoms with Crippen LogP contribution in [0.5, 0.6) is 0 Å². The van der Waals surface area contributed by atoms with E-state index in [-0.39, 0.29) is 12.3 Å². The largest absolute Gasteiger partial charge is 0.481 e. The predicted molar refractivity (Wildman–Crippen MR) is 51.2 cm³/mol. The summed E-state index contributed by atoms with van der Waals surface area (Å²) in [6.45, 7) is 0. The fourth-order valence-corrected chi connectivity index (χ4v) is 3.27. The SMILES string of the molecule is NC1(C(=O)O)CC2CCCC2(C(=O)O)C1. The van der Waals surface area contributed by atoms with Crippen LogP contribution in [0, 0.1) is 11.3 Å². The molecule has 0 bridgehead atoms. The smallest absolute Gasteiger partial charge is 0.323 e. The van der Waals surface area contributed by atoms with Gasteiger partial charge in [0.25, 0.3) is 0 Å². The lowest BCUT2D eigenvalue weighted by Crippen LogP contribution is -2.47. The minimum Gasteiger partial charge on any atom is -0.481 e. The van der Waals surface area contributed by atoms with E-state index in [1.54, 1.807) is 0 Å². The van der Waals surface area contributed by atoms with Crippen LogP contribution in [-0.4, -0.2) is 27.7 Å². The molecule has 0 saturated heterocycles. The molecule has 15 heavy (non-hydrogen) atoms. The van der Waals surface area contributed by atoms with E-state index < -0.39 is 22.9 Å². The van der Waals surface area contributed by atoms with Crippen molar-refractivity contribution in [3.8, 4) is 0 Å². The van der Waals surface area contributed by atoms with Gasteiger partial charge >= 0.3 is 11.9 Å². The summed E-state index contributed by atoms with van der Waals surface area (Å²) in [6.07, 6.45) is 2.61. The van der Waals surface area contributed by atoms with Gasteiger partial charge in [-0.1, -0.05) is 6.42 Å². The van der Waals surface area contributed by atoms with Gasteiger partial charge in [-0.2, -0.15) is 0 Å². The molecule has 0 heterocycles. The molecule has 5 heteroatoms. The zero-order valence-electron chi connectivity index (χ0n) is 8.40. The molecule has 5 nitrogen and oxygen atoms in total. The first-order valence-corrected chi connectivity index (χ1v) is 5.16. The topological polar surface area (TPSA) is 101 Å². The second-order valence-electron chi connectivity index (χ2n) is 4.89.